The minimum absolute atomic E-state index is 0.0800. The van der Waals surface area contributed by atoms with Gasteiger partial charge in [-0.25, -0.2) is 0 Å². The highest BCUT2D eigenvalue weighted by molar-refractivity contribution is 6.31. The van der Waals surface area contributed by atoms with Gasteiger partial charge in [-0.15, -0.1) is 0 Å². The first-order valence-corrected chi connectivity index (χ1v) is 7.45. The topological polar surface area (TPSA) is 54.8 Å². The van der Waals surface area contributed by atoms with E-state index in [1.165, 1.54) is 0 Å². The fraction of sp³-hybridized carbons (Fsp3) is 0.312. The number of hydrogen-bond acceptors (Lipinski definition) is 4. The Labute approximate surface area is 133 Å². The van der Waals surface area contributed by atoms with E-state index in [4.69, 9.17) is 16.4 Å². The molecule has 5 nitrogen and oxygen atoms in total. The van der Waals surface area contributed by atoms with Crippen LogP contribution in [0.2, 0.25) is 5.02 Å². The lowest BCUT2D eigenvalue weighted by Crippen LogP contribution is -2.31. The number of hydrogen-bond donors (Lipinski definition) is 0. The van der Waals surface area contributed by atoms with E-state index in [9.17, 15) is 4.79 Å². The van der Waals surface area contributed by atoms with Crippen molar-refractivity contribution in [3.8, 4) is 0 Å². The van der Waals surface area contributed by atoms with E-state index in [0.717, 1.165) is 35.0 Å². The molecule has 1 aromatic heterocycles. The van der Waals surface area contributed by atoms with Crippen LogP contribution in [0.4, 0.5) is 0 Å². The Balaban J connectivity index is 1.80. The molecule has 3 rings (SSSR count). The van der Waals surface area contributed by atoms with Crippen molar-refractivity contribution in [1.82, 2.24) is 9.88 Å². The molecule has 0 fully saturated rings. The normalized spacial score (nSPS) is 17.2. The first-order chi connectivity index (χ1) is 10.7. The molecule has 0 N–H and O–H groups in total. The Kier molecular flexibility index (Phi) is 4.24. The maximum absolute atomic E-state index is 11.4. The maximum Gasteiger partial charge on any atom is 0.210 e. The van der Waals surface area contributed by atoms with Crippen LogP contribution in [0.15, 0.2) is 35.6 Å². The van der Waals surface area contributed by atoms with Gasteiger partial charge in [0.25, 0.3) is 0 Å². The monoisotopic (exact) mass is 317 g/mol. The van der Waals surface area contributed by atoms with Gasteiger partial charge in [0.1, 0.15) is 6.10 Å². The average molecular weight is 318 g/mol. The van der Waals surface area contributed by atoms with E-state index in [1.54, 1.807) is 11.1 Å². The van der Waals surface area contributed by atoms with Gasteiger partial charge in [0, 0.05) is 29.6 Å². The second kappa shape index (κ2) is 6.32. The molecular weight excluding hydrogens is 302 g/mol. The molecule has 114 valence electrons. The summed E-state index contributed by atoms with van der Waals surface area (Å²) in [5.41, 5.74) is 2.73. The summed E-state index contributed by atoms with van der Waals surface area (Å²) in [5.74, 6) is 0. The number of fused-ring (bicyclic) bond motifs is 1. The summed E-state index contributed by atoms with van der Waals surface area (Å²) in [6.45, 7) is 2.85. The van der Waals surface area contributed by atoms with Crippen LogP contribution in [-0.2, 0) is 16.2 Å². The Morgan fingerprint density at radius 1 is 1.50 bits per heavy atom. The van der Waals surface area contributed by atoms with Gasteiger partial charge < -0.3 is 9.74 Å². The number of rotatable bonds is 5. The summed E-state index contributed by atoms with van der Waals surface area (Å²) in [7, 11) is 0. The predicted octanol–water partition coefficient (Wildman–Crippen LogP) is 3.01. The lowest BCUT2D eigenvalue weighted by Gasteiger charge is -2.21. The van der Waals surface area contributed by atoms with Gasteiger partial charge in [-0.3, -0.25) is 9.78 Å². The van der Waals surface area contributed by atoms with E-state index in [1.807, 2.05) is 31.2 Å². The summed E-state index contributed by atoms with van der Waals surface area (Å²) >= 11 is 6.16. The van der Waals surface area contributed by atoms with Crippen molar-refractivity contribution in [2.24, 2.45) is 5.16 Å². The standard InChI is InChI=1S/C16H16ClN3O2/c1-11-5-15(22-19-11)9-20(10-21)8-13-7-14(17)6-12-3-2-4-18-16(12)13/h2-4,6-7,10,15H,5,8-9H2,1H3. The van der Waals surface area contributed by atoms with Gasteiger partial charge in [-0.05, 0) is 30.7 Å². The second-order valence-electron chi connectivity index (χ2n) is 5.43. The number of pyridine rings is 1. The lowest BCUT2D eigenvalue weighted by atomic mass is 10.1. The zero-order valence-electron chi connectivity index (χ0n) is 12.2. The summed E-state index contributed by atoms with van der Waals surface area (Å²) in [4.78, 5) is 22.7. The second-order valence-corrected chi connectivity index (χ2v) is 5.87. The van der Waals surface area contributed by atoms with Crippen molar-refractivity contribution in [3.05, 3.63) is 41.0 Å². The Morgan fingerprint density at radius 3 is 3.09 bits per heavy atom. The van der Waals surface area contributed by atoms with Crippen LogP contribution in [0.1, 0.15) is 18.9 Å². The van der Waals surface area contributed by atoms with Crippen molar-refractivity contribution < 1.29 is 9.63 Å². The predicted molar refractivity (Wildman–Crippen MR) is 85.8 cm³/mol. The fourth-order valence-electron chi connectivity index (χ4n) is 2.64. The molecule has 1 amide bonds. The lowest BCUT2D eigenvalue weighted by molar-refractivity contribution is -0.120. The third-order valence-electron chi connectivity index (χ3n) is 3.59. The third kappa shape index (κ3) is 3.20. The molecule has 1 aliphatic rings. The smallest absolute Gasteiger partial charge is 0.210 e. The fourth-order valence-corrected chi connectivity index (χ4v) is 2.89. The van der Waals surface area contributed by atoms with Crippen LogP contribution in [0, 0.1) is 0 Å². The van der Waals surface area contributed by atoms with Crippen LogP contribution in [0.25, 0.3) is 10.9 Å². The van der Waals surface area contributed by atoms with Crippen molar-refractivity contribution >= 4 is 34.6 Å². The average Bonchev–Trinajstić information content (AvgIpc) is 2.91. The molecule has 22 heavy (non-hydrogen) atoms. The van der Waals surface area contributed by atoms with Gasteiger partial charge in [-0.2, -0.15) is 0 Å². The Bertz CT molecular complexity index is 732. The van der Waals surface area contributed by atoms with E-state index >= 15 is 0 Å². The molecule has 1 aromatic carbocycles. The van der Waals surface area contributed by atoms with E-state index in [-0.39, 0.29) is 6.10 Å². The molecule has 0 saturated carbocycles. The third-order valence-corrected chi connectivity index (χ3v) is 3.81. The highest BCUT2D eigenvalue weighted by Crippen LogP contribution is 2.23. The summed E-state index contributed by atoms with van der Waals surface area (Å²) in [6.07, 6.45) is 3.23. The molecular formula is C16H16ClN3O2. The number of carbonyl (C=O) groups is 1. The van der Waals surface area contributed by atoms with Gasteiger partial charge in [0.15, 0.2) is 0 Å². The molecule has 1 unspecified atom stereocenters. The number of amides is 1. The summed E-state index contributed by atoms with van der Waals surface area (Å²) in [6, 6.07) is 7.55. The molecule has 0 bridgehead atoms. The van der Waals surface area contributed by atoms with E-state index in [2.05, 4.69) is 10.1 Å². The summed E-state index contributed by atoms with van der Waals surface area (Å²) in [5, 5.41) is 5.52. The minimum Gasteiger partial charge on any atom is -0.390 e. The van der Waals surface area contributed by atoms with Crippen LogP contribution in [0.3, 0.4) is 0 Å². The molecule has 0 aliphatic carbocycles. The number of aromatic nitrogens is 1. The number of benzene rings is 1. The molecule has 0 radical (unpaired) electrons. The molecule has 1 aliphatic heterocycles. The van der Waals surface area contributed by atoms with Crippen LogP contribution in [0.5, 0.6) is 0 Å². The van der Waals surface area contributed by atoms with Gasteiger partial charge in [0.05, 0.1) is 17.8 Å². The van der Waals surface area contributed by atoms with Crippen LogP contribution >= 0.6 is 11.6 Å². The number of carbonyl (C=O) groups excluding carboxylic acids is 1. The van der Waals surface area contributed by atoms with Crippen LogP contribution < -0.4 is 0 Å². The first kappa shape index (κ1) is 14.8. The first-order valence-electron chi connectivity index (χ1n) is 7.07. The quantitative estimate of drug-likeness (QED) is 0.797. The van der Waals surface area contributed by atoms with Crippen molar-refractivity contribution in [2.75, 3.05) is 6.54 Å². The van der Waals surface area contributed by atoms with Gasteiger partial charge in [0.2, 0.25) is 6.41 Å². The zero-order valence-corrected chi connectivity index (χ0v) is 13.0. The number of halogens is 1. The Hall–Kier alpha value is -2.14. The van der Waals surface area contributed by atoms with Gasteiger partial charge in [-0.1, -0.05) is 22.8 Å². The summed E-state index contributed by atoms with van der Waals surface area (Å²) < 4.78 is 0. The molecule has 1 atom stereocenters. The largest absolute Gasteiger partial charge is 0.390 e. The maximum atomic E-state index is 11.4. The van der Waals surface area contributed by atoms with Crippen molar-refractivity contribution in [1.29, 1.82) is 0 Å². The van der Waals surface area contributed by atoms with Gasteiger partial charge >= 0.3 is 0 Å². The van der Waals surface area contributed by atoms with Crippen molar-refractivity contribution in [2.45, 2.75) is 26.0 Å². The molecule has 2 heterocycles. The number of nitrogens with zero attached hydrogens (tertiary/aromatic N) is 3. The highest BCUT2D eigenvalue weighted by Gasteiger charge is 2.21. The molecule has 6 heteroatoms. The minimum atomic E-state index is -0.0800. The Morgan fingerprint density at radius 2 is 2.36 bits per heavy atom. The van der Waals surface area contributed by atoms with E-state index in [0.29, 0.717) is 18.1 Å². The zero-order chi connectivity index (χ0) is 15.5. The molecule has 2 aromatic rings. The molecule has 0 saturated heterocycles. The SMILES string of the molecule is CC1=NOC(CN(C=O)Cc2cc(Cl)cc3cccnc23)C1. The number of oxime groups is 1. The van der Waals surface area contributed by atoms with E-state index < -0.39 is 0 Å². The van der Waals surface area contributed by atoms with Crippen molar-refractivity contribution in [3.63, 3.8) is 0 Å². The van der Waals surface area contributed by atoms with Crippen LogP contribution in [-0.4, -0.2) is 34.7 Å². The highest BCUT2D eigenvalue weighted by atomic mass is 35.5. The molecule has 0 spiro atoms.